The van der Waals surface area contributed by atoms with Crippen LogP contribution in [0.3, 0.4) is 0 Å². The van der Waals surface area contributed by atoms with E-state index in [9.17, 15) is 0 Å². The Kier molecular flexibility index (Phi) is 8.99. The van der Waals surface area contributed by atoms with Gasteiger partial charge in [0.05, 0.1) is 13.2 Å². The molecule has 2 heterocycles. The van der Waals surface area contributed by atoms with E-state index in [0.29, 0.717) is 18.0 Å². The van der Waals surface area contributed by atoms with E-state index in [2.05, 4.69) is 48.1 Å². The van der Waals surface area contributed by atoms with Crippen molar-refractivity contribution in [1.29, 1.82) is 0 Å². The second-order valence-corrected chi connectivity index (χ2v) is 7.79. The standard InChI is InChI=1S/C19H39N5O/c1-5-20-19(22-18-6-8-24(9-7-18)16(2)3)21-14-17(4)15-23-10-12-25-13-11-23/h16-18H,5-15H2,1-4H3,(H2,20,21,22). The van der Waals surface area contributed by atoms with Gasteiger partial charge in [0.1, 0.15) is 0 Å². The molecule has 2 fully saturated rings. The van der Waals surface area contributed by atoms with Crippen LogP contribution in [0, 0.1) is 5.92 Å². The summed E-state index contributed by atoms with van der Waals surface area (Å²) in [5.74, 6) is 1.55. The minimum Gasteiger partial charge on any atom is -0.379 e. The molecule has 1 atom stereocenters. The van der Waals surface area contributed by atoms with E-state index in [1.807, 2.05) is 0 Å². The maximum absolute atomic E-state index is 5.43. The third-order valence-corrected chi connectivity index (χ3v) is 5.18. The second-order valence-electron chi connectivity index (χ2n) is 7.79. The van der Waals surface area contributed by atoms with Gasteiger partial charge in [-0.2, -0.15) is 0 Å². The predicted octanol–water partition coefficient (Wildman–Crippen LogP) is 1.38. The second kappa shape index (κ2) is 11.0. The van der Waals surface area contributed by atoms with Crippen molar-refractivity contribution >= 4 is 5.96 Å². The number of hydrogen-bond donors (Lipinski definition) is 2. The maximum Gasteiger partial charge on any atom is 0.191 e. The maximum atomic E-state index is 5.43. The molecule has 25 heavy (non-hydrogen) atoms. The Bertz CT molecular complexity index is 387. The molecule has 6 nitrogen and oxygen atoms in total. The molecule has 2 rings (SSSR count). The highest BCUT2D eigenvalue weighted by atomic mass is 16.5. The summed E-state index contributed by atoms with van der Waals surface area (Å²) in [7, 11) is 0. The van der Waals surface area contributed by atoms with E-state index in [4.69, 9.17) is 9.73 Å². The highest BCUT2D eigenvalue weighted by Gasteiger charge is 2.21. The molecule has 0 aromatic rings. The van der Waals surface area contributed by atoms with Gasteiger partial charge >= 0.3 is 0 Å². The molecule has 146 valence electrons. The summed E-state index contributed by atoms with van der Waals surface area (Å²) in [4.78, 5) is 9.90. The summed E-state index contributed by atoms with van der Waals surface area (Å²) in [6, 6.07) is 1.20. The fourth-order valence-electron chi connectivity index (χ4n) is 3.60. The number of ether oxygens (including phenoxy) is 1. The number of rotatable bonds is 7. The van der Waals surface area contributed by atoms with Crippen LogP contribution in [0.2, 0.25) is 0 Å². The van der Waals surface area contributed by atoms with Crippen molar-refractivity contribution in [1.82, 2.24) is 20.4 Å². The van der Waals surface area contributed by atoms with Crippen molar-refractivity contribution in [3.8, 4) is 0 Å². The van der Waals surface area contributed by atoms with Crippen molar-refractivity contribution in [2.75, 3.05) is 59.0 Å². The molecule has 0 bridgehead atoms. The van der Waals surface area contributed by atoms with Crippen LogP contribution in [0.5, 0.6) is 0 Å². The molecule has 0 aromatic carbocycles. The largest absolute Gasteiger partial charge is 0.379 e. The van der Waals surface area contributed by atoms with E-state index >= 15 is 0 Å². The minimum atomic E-state index is 0.544. The zero-order valence-electron chi connectivity index (χ0n) is 16.8. The zero-order chi connectivity index (χ0) is 18.1. The molecular weight excluding hydrogens is 314 g/mol. The monoisotopic (exact) mass is 353 g/mol. The molecule has 2 aliphatic rings. The van der Waals surface area contributed by atoms with Crippen molar-refractivity contribution in [3.63, 3.8) is 0 Å². The molecule has 1 unspecified atom stereocenters. The highest BCUT2D eigenvalue weighted by Crippen LogP contribution is 2.13. The van der Waals surface area contributed by atoms with Crippen LogP contribution in [-0.2, 0) is 4.74 Å². The SMILES string of the molecule is CCNC(=NCC(C)CN1CCOCC1)NC1CCN(C(C)C)CC1. The van der Waals surface area contributed by atoms with Gasteiger partial charge in [-0.15, -0.1) is 0 Å². The summed E-state index contributed by atoms with van der Waals surface area (Å²) >= 11 is 0. The summed E-state index contributed by atoms with van der Waals surface area (Å²) in [6.07, 6.45) is 2.40. The van der Waals surface area contributed by atoms with Crippen molar-refractivity contribution in [2.24, 2.45) is 10.9 Å². The third-order valence-electron chi connectivity index (χ3n) is 5.18. The van der Waals surface area contributed by atoms with E-state index in [-0.39, 0.29) is 0 Å². The summed E-state index contributed by atoms with van der Waals surface area (Å²) in [5.41, 5.74) is 0. The van der Waals surface area contributed by atoms with Gasteiger partial charge in [0.15, 0.2) is 5.96 Å². The molecule has 2 aliphatic heterocycles. The number of piperidine rings is 1. The zero-order valence-corrected chi connectivity index (χ0v) is 16.8. The number of hydrogen-bond acceptors (Lipinski definition) is 4. The van der Waals surface area contributed by atoms with E-state index in [0.717, 1.165) is 51.9 Å². The Hall–Kier alpha value is -0.850. The van der Waals surface area contributed by atoms with Crippen LogP contribution in [0.25, 0.3) is 0 Å². The molecule has 0 saturated carbocycles. The lowest BCUT2D eigenvalue weighted by molar-refractivity contribution is 0.0323. The van der Waals surface area contributed by atoms with Gasteiger partial charge in [-0.25, -0.2) is 0 Å². The van der Waals surface area contributed by atoms with Crippen LogP contribution in [0.1, 0.15) is 40.5 Å². The van der Waals surface area contributed by atoms with Crippen molar-refractivity contribution in [3.05, 3.63) is 0 Å². The molecule has 0 aromatic heterocycles. The fraction of sp³-hybridized carbons (Fsp3) is 0.947. The lowest BCUT2D eigenvalue weighted by atomic mass is 10.0. The average Bonchev–Trinajstić information content (AvgIpc) is 2.61. The van der Waals surface area contributed by atoms with Crippen LogP contribution < -0.4 is 10.6 Å². The number of guanidine groups is 1. The van der Waals surface area contributed by atoms with Crippen LogP contribution in [-0.4, -0.2) is 86.9 Å². The molecule has 6 heteroatoms. The van der Waals surface area contributed by atoms with Gasteiger partial charge in [-0.3, -0.25) is 9.89 Å². The van der Waals surface area contributed by atoms with Gasteiger partial charge in [-0.05, 0) is 39.5 Å². The lowest BCUT2D eigenvalue weighted by Crippen LogP contribution is -2.50. The highest BCUT2D eigenvalue weighted by molar-refractivity contribution is 5.80. The number of nitrogens with one attached hydrogen (secondary N) is 2. The van der Waals surface area contributed by atoms with E-state index in [1.165, 1.54) is 25.9 Å². The average molecular weight is 354 g/mol. The summed E-state index contributed by atoms with van der Waals surface area (Å²) < 4.78 is 5.43. The minimum absolute atomic E-state index is 0.544. The molecular formula is C19H39N5O. The first kappa shape index (κ1) is 20.5. The molecule has 0 amide bonds. The van der Waals surface area contributed by atoms with Gasteiger partial charge < -0.3 is 20.3 Å². The predicted molar refractivity (Wildman–Crippen MR) is 105 cm³/mol. The Morgan fingerprint density at radius 1 is 1.12 bits per heavy atom. The first-order valence-electron chi connectivity index (χ1n) is 10.2. The van der Waals surface area contributed by atoms with Crippen LogP contribution in [0.4, 0.5) is 0 Å². The van der Waals surface area contributed by atoms with Gasteiger partial charge in [-0.1, -0.05) is 6.92 Å². The smallest absolute Gasteiger partial charge is 0.191 e. The van der Waals surface area contributed by atoms with Crippen LogP contribution in [0.15, 0.2) is 4.99 Å². The quantitative estimate of drug-likeness (QED) is 0.535. The number of morpholine rings is 1. The topological polar surface area (TPSA) is 52.1 Å². The normalized spacial score (nSPS) is 23.0. The van der Waals surface area contributed by atoms with Crippen molar-refractivity contribution in [2.45, 2.75) is 52.6 Å². The Labute approximate surface area is 154 Å². The third kappa shape index (κ3) is 7.50. The first-order chi connectivity index (χ1) is 12.1. The van der Waals surface area contributed by atoms with E-state index in [1.54, 1.807) is 0 Å². The first-order valence-corrected chi connectivity index (χ1v) is 10.2. The van der Waals surface area contributed by atoms with E-state index < -0.39 is 0 Å². The van der Waals surface area contributed by atoms with Crippen molar-refractivity contribution < 1.29 is 4.74 Å². The summed E-state index contributed by atoms with van der Waals surface area (Å²) in [5, 5.41) is 7.07. The fourth-order valence-corrected chi connectivity index (χ4v) is 3.60. The number of likely N-dealkylation sites (tertiary alicyclic amines) is 1. The summed E-state index contributed by atoms with van der Waals surface area (Å²) in [6.45, 7) is 18.1. The molecule has 0 radical (unpaired) electrons. The number of aliphatic imine (C=N–C) groups is 1. The van der Waals surface area contributed by atoms with Crippen LogP contribution >= 0.6 is 0 Å². The van der Waals surface area contributed by atoms with Gasteiger partial charge in [0.25, 0.3) is 0 Å². The Balaban J connectivity index is 1.75. The lowest BCUT2D eigenvalue weighted by Gasteiger charge is -2.35. The molecule has 0 aliphatic carbocycles. The molecule has 2 saturated heterocycles. The Morgan fingerprint density at radius 3 is 2.40 bits per heavy atom. The van der Waals surface area contributed by atoms with Gasteiger partial charge in [0, 0.05) is 57.9 Å². The Morgan fingerprint density at radius 2 is 1.80 bits per heavy atom. The molecule has 0 spiro atoms. The van der Waals surface area contributed by atoms with Gasteiger partial charge in [0.2, 0.25) is 0 Å². The number of nitrogens with zero attached hydrogens (tertiary/aromatic N) is 3. The molecule has 2 N–H and O–H groups in total.